The lowest BCUT2D eigenvalue weighted by Gasteiger charge is -2.03. The van der Waals surface area contributed by atoms with E-state index in [9.17, 15) is 4.39 Å². The minimum Gasteiger partial charge on any atom is -0.437 e. The van der Waals surface area contributed by atoms with Crippen molar-refractivity contribution in [2.24, 2.45) is 0 Å². The third kappa shape index (κ3) is 2.63. The molecule has 2 rings (SSSR count). The van der Waals surface area contributed by atoms with Crippen molar-refractivity contribution >= 4 is 11.6 Å². The summed E-state index contributed by atoms with van der Waals surface area (Å²) in [6.07, 6.45) is 2.95. The van der Waals surface area contributed by atoms with Crippen LogP contribution in [-0.2, 0) is 0 Å². The van der Waals surface area contributed by atoms with Crippen molar-refractivity contribution in [3.8, 4) is 11.6 Å². The van der Waals surface area contributed by atoms with Crippen LogP contribution in [-0.4, -0.2) is 9.97 Å². The van der Waals surface area contributed by atoms with Gasteiger partial charge in [0.25, 0.3) is 0 Å². The molecule has 5 heteroatoms. The second kappa shape index (κ2) is 4.23. The standard InChI is InChI=1S/C10H6ClFN2O/c11-7-4-8(6-13-5-7)15-10-3-1-2-9(12)14-10/h1-6H. The number of nitrogens with zero attached hydrogens (tertiary/aromatic N) is 2. The van der Waals surface area contributed by atoms with E-state index in [1.165, 1.54) is 24.5 Å². The van der Waals surface area contributed by atoms with Gasteiger partial charge in [0.15, 0.2) is 0 Å². The van der Waals surface area contributed by atoms with Crippen LogP contribution in [0.5, 0.6) is 11.6 Å². The summed E-state index contributed by atoms with van der Waals surface area (Å²) >= 11 is 5.71. The molecule has 0 aliphatic heterocycles. The fourth-order valence-corrected chi connectivity index (χ4v) is 1.18. The normalized spacial score (nSPS) is 10.0. The minimum absolute atomic E-state index is 0.166. The molecule has 2 heterocycles. The van der Waals surface area contributed by atoms with Crippen LogP contribution in [0.2, 0.25) is 5.02 Å². The van der Waals surface area contributed by atoms with Gasteiger partial charge in [-0.3, -0.25) is 4.98 Å². The summed E-state index contributed by atoms with van der Waals surface area (Å²) in [5, 5.41) is 0.448. The van der Waals surface area contributed by atoms with Crippen molar-refractivity contribution in [1.82, 2.24) is 9.97 Å². The highest BCUT2D eigenvalue weighted by molar-refractivity contribution is 6.30. The Kier molecular flexibility index (Phi) is 2.78. The molecule has 0 N–H and O–H groups in total. The molecule has 0 unspecified atom stereocenters. The number of rotatable bonds is 2. The smallest absolute Gasteiger partial charge is 0.221 e. The summed E-state index contributed by atoms with van der Waals surface area (Å²) in [4.78, 5) is 7.36. The van der Waals surface area contributed by atoms with Gasteiger partial charge in [0, 0.05) is 18.3 Å². The quantitative estimate of drug-likeness (QED) is 0.736. The Labute approximate surface area is 90.5 Å². The SMILES string of the molecule is Fc1cccc(Oc2cncc(Cl)c2)n1. The maximum atomic E-state index is 12.7. The molecule has 0 spiro atoms. The first-order valence-electron chi connectivity index (χ1n) is 4.15. The molecular formula is C10H6ClFN2O. The Morgan fingerprint density at radius 2 is 2.13 bits per heavy atom. The third-order valence-electron chi connectivity index (χ3n) is 1.59. The molecule has 3 nitrogen and oxygen atoms in total. The Balaban J connectivity index is 2.22. The van der Waals surface area contributed by atoms with Crippen LogP contribution in [0, 0.1) is 5.95 Å². The van der Waals surface area contributed by atoms with E-state index in [2.05, 4.69) is 9.97 Å². The first-order chi connectivity index (χ1) is 7.24. The number of hydrogen-bond donors (Lipinski definition) is 0. The number of ether oxygens (including phenoxy) is 1. The molecule has 2 aromatic heterocycles. The summed E-state index contributed by atoms with van der Waals surface area (Å²) in [7, 11) is 0. The van der Waals surface area contributed by atoms with Gasteiger partial charge in [-0.25, -0.2) is 0 Å². The minimum atomic E-state index is -0.595. The predicted molar refractivity (Wildman–Crippen MR) is 53.5 cm³/mol. The topological polar surface area (TPSA) is 35.0 Å². The van der Waals surface area contributed by atoms with Gasteiger partial charge in [-0.15, -0.1) is 0 Å². The Morgan fingerprint density at radius 3 is 2.87 bits per heavy atom. The van der Waals surface area contributed by atoms with Crippen LogP contribution < -0.4 is 4.74 Å². The van der Waals surface area contributed by atoms with Crippen LogP contribution in [0.15, 0.2) is 36.7 Å². The average molecular weight is 225 g/mol. The van der Waals surface area contributed by atoms with Gasteiger partial charge in [0.2, 0.25) is 11.8 Å². The van der Waals surface area contributed by atoms with Crippen molar-refractivity contribution in [2.75, 3.05) is 0 Å². The van der Waals surface area contributed by atoms with E-state index >= 15 is 0 Å². The summed E-state index contributed by atoms with van der Waals surface area (Å²) in [6.45, 7) is 0. The van der Waals surface area contributed by atoms with E-state index in [0.717, 1.165) is 0 Å². The lowest BCUT2D eigenvalue weighted by atomic mass is 10.4. The van der Waals surface area contributed by atoms with Gasteiger partial charge in [-0.1, -0.05) is 17.7 Å². The van der Waals surface area contributed by atoms with Crippen LogP contribution in [0.3, 0.4) is 0 Å². The molecule has 15 heavy (non-hydrogen) atoms. The lowest BCUT2D eigenvalue weighted by molar-refractivity contribution is 0.443. The monoisotopic (exact) mass is 224 g/mol. The third-order valence-corrected chi connectivity index (χ3v) is 1.80. The Morgan fingerprint density at radius 1 is 1.27 bits per heavy atom. The molecule has 2 aromatic rings. The second-order valence-corrected chi connectivity index (χ2v) is 3.18. The number of hydrogen-bond acceptors (Lipinski definition) is 3. The van der Waals surface area contributed by atoms with E-state index in [0.29, 0.717) is 10.8 Å². The molecule has 0 aromatic carbocycles. The highest BCUT2D eigenvalue weighted by atomic mass is 35.5. The lowest BCUT2D eigenvalue weighted by Crippen LogP contribution is -1.90. The first kappa shape index (κ1) is 9.86. The molecule has 0 amide bonds. The van der Waals surface area contributed by atoms with Crippen molar-refractivity contribution < 1.29 is 9.13 Å². The maximum absolute atomic E-state index is 12.7. The van der Waals surface area contributed by atoms with Crippen molar-refractivity contribution in [3.05, 3.63) is 47.6 Å². The van der Waals surface area contributed by atoms with Crippen LogP contribution >= 0.6 is 11.6 Å². The molecule has 0 aliphatic rings. The van der Waals surface area contributed by atoms with Crippen molar-refractivity contribution in [2.45, 2.75) is 0 Å². The summed E-state index contributed by atoms with van der Waals surface area (Å²) in [5.41, 5.74) is 0. The molecule has 76 valence electrons. The van der Waals surface area contributed by atoms with Gasteiger partial charge in [-0.05, 0) is 6.07 Å². The summed E-state index contributed by atoms with van der Waals surface area (Å²) in [6, 6.07) is 5.86. The zero-order chi connectivity index (χ0) is 10.7. The van der Waals surface area contributed by atoms with Gasteiger partial charge in [0.1, 0.15) is 5.75 Å². The second-order valence-electron chi connectivity index (χ2n) is 2.74. The predicted octanol–water partition coefficient (Wildman–Crippen LogP) is 3.06. The molecular weight excluding hydrogens is 219 g/mol. The summed E-state index contributed by atoms with van der Waals surface area (Å²) in [5.74, 6) is -0.0119. The molecule has 0 saturated heterocycles. The zero-order valence-electron chi connectivity index (χ0n) is 7.52. The van der Waals surface area contributed by atoms with Gasteiger partial charge in [-0.2, -0.15) is 9.37 Å². The molecule has 0 saturated carbocycles. The largest absolute Gasteiger partial charge is 0.437 e. The Bertz CT molecular complexity index is 435. The van der Waals surface area contributed by atoms with E-state index < -0.39 is 5.95 Å². The fraction of sp³-hybridized carbons (Fsp3) is 0. The van der Waals surface area contributed by atoms with Gasteiger partial charge >= 0.3 is 0 Å². The van der Waals surface area contributed by atoms with Gasteiger partial charge in [0.05, 0.1) is 11.2 Å². The van der Waals surface area contributed by atoms with Gasteiger partial charge < -0.3 is 4.74 Å². The fourth-order valence-electron chi connectivity index (χ4n) is 1.02. The first-order valence-corrected chi connectivity index (χ1v) is 4.53. The number of aromatic nitrogens is 2. The average Bonchev–Trinajstić information content (AvgIpc) is 2.17. The van der Waals surface area contributed by atoms with E-state index in [1.807, 2.05) is 0 Å². The molecule has 0 fully saturated rings. The van der Waals surface area contributed by atoms with Crippen molar-refractivity contribution in [3.63, 3.8) is 0 Å². The Hall–Kier alpha value is -1.68. The molecule has 0 atom stereocenters. The maximum Gasteiger partial charge on any atom is 0.221 e. The van der Waals surface area contributed by atoms with Crippen LogP contribution in [0.4, 0.5) is 4.39 Å². The van der Waals surface area contributed by atoms with Crippen LogP contribution in [0.1, 0.15) is 0 Å². The van der Waals surface area contributed by atoms with Crippen molar-refractivity contribution in [1.29, 1.82) is 0 Å². The highest BCUT2D eigenvalue weighted by Crippen LogP contribution is 2.21. The zero-order valence-corrected chi connectivity index (χ0v) is 8.28. The highest BCUT2D eigenvalue weighted by Gasteiger charge is 2.00. The number of pyridine rings is 2. The van der Waals surface area contributed by atoms with E-state index in [-0.39, 0.29) is 5.88 Å². The molecule has 0 bridgehead atoms. The molecule has 0 aliphatic carbocycles. The van der Waals surface area contributed by atoms with E-state index in [1.54, 1.807) is 12.1 Å². The molecule has 0 radical (unpaired) electrons. The van der Waals surface area contributed by atoms with E-state index in [4.69, 9.17) is 16.3 Å². The summed E-state index contributed by atoms with van der Waals surface area (Å²) < 4.78 is 18.0. The van der Waals surface area contributed by atoms with Crippen LogP contribution in [0.25, 0.3) is 0 Å². The number of halogens is 2.